The summed E-state index contributed by atoms with van der Waals surface area (Å²) in [5.41, 5.74) is 0.846. The summed E-state index contributed by atoms with van der Waals surface area (Å²) in [6, 6.07) is 9.12. The van der Waals surface area contributed by atoms with E-state index in [0.29, 0.717) is 6.54 Å². The molecule has 2 amide bonds. The van der Waals surface area contributed by atoms with Gasteiger partial charge in [0.1, 0.15) is 0 Å². The fourth-order valence-electron chi connectivity index (χ4n) is 1.93. The molecule has 0 aliphatic heterocycles. The average Bonchev–Trinajstić information content (AvgIpc) is 2.51. The number of para-hydroxylation sites is 1. The van der Waals surface area contributed by atoms with Crippen LogP contribution in [0.1, 0.15) is 20.3 Å². The molecule has 116 valence electrons. The summed E-state index contributed by atoms with van der Waals surface area (Å²) in [4.78, 5) is 27.5. The third-order valence-corrected chi connectivity index (χ3v) is 3.46. The summed E-state index contributed by atoms with van der Waals surface area (Å²) in [6.07, 6.45) is 0.903. The quantitative estimate of drug-likeness (QED) is 0.828. The molecule has 0 aliphatic carbocycles. The number of carbonyl (C=O) groups excluding carboxylic acids is 2. The van der Waals surface area contributed by atoms with E-state index >= 15 is 0 Å². The van der Waals surface area contributed by atoms with Gasteiger partial charge in [-0.1, -0.05) is 25.1 Å². The highest BCUT2D eigenvalue weighted by atomic mass is 16.2. The predicted molar refractivity (Wildman–Crippen MR) is 85.2 cm³/mol. The fourth-order valence-corrected chi connectivity index (χ4v) is 1.93. The SMILES string of the molecule is CCCNC(=O)CN(C)[C@@H](C)C(=O)N(C)c1ccccc1. The van der Waals surface area contributed by atoms with E-state index in [-0.39, 0.29) is 24.4 Å². The van der Waals surface area contributed by atoms with Crippen molar-refractivity contribution in [3.8, 4) is 0 Å². The van der Waals surface area contributed by atoms with Crippen LogP contribution in [0.3, 0.4) is 0 Å². The molecule has 1 aromatic rings. The minimum absolute atomic E-state index is 0.0352. The minimum Gasteiger partial charge on any atom is -0.355 e. The number of anilines is 1. The number of hydrogen-bond acceptors (Lipinski definition) is 3. The van der Waals surface area contributed by atoms with Crippen molar-refractivity contribution in [2.24, 2.45) is 0 Å². The monoisotopic (exact) mass is 291 g/mol. The first kappa shape index (κ1) is 17.2. The van der Waals surface area contributed by atoms with Crippen LogP contribution in [0.5, 0.6) is 0 Å². The van der Waals surface area contributed by atoms with Gasteiger partial charge < -0.3 is 10.2 Å². The molecular weight excluding hydrogens is 266 g/mol. The van der Waals surface area contributed by atoms with E-state index in [0.717, 1.165) is 12.1 Å². The van der Waals surface area contributed by atoms with Crippen molar-refractivity contribution in [2.75, 3.05) is 32.1 Å². The molecule has 1 N–H and O–H groups in total. The maximum Gasteiger partial charge on any atom is 0.243 e. The second kappa shape index (κ2) is 8.42. The summed E-state index contributed by atoms with van der Waals surface area (Å²) >= 11 is 0. The van der Waals surface area contributed by atoms with Crippen molar-refractivity contribution in [1.29, 1.82) is 0 Å². The van der Waals surface area contributed by atoms with Gasteiger partial charge in [-0.05, 0) is 32.5 Å². The molecule has 0 heterocycles. The first-order chi connectivity index (χ1) is 9.97. The molecule has 1 aromatic carbocycles. The summed E-state index contributed by atoms with van der Waals surface area (Å²) in [5.74, 6) is -0.0895. The van der Waals surface area contributed by atoms with Crippen molar-refractivity contribution in [3.05, 3.63) is 30.3 Å². The summed E-state index contributed by atoms with van der Waals surface area (Å²) < 4.78 is 0. The third-order valence-electron chi connectivity index (χ3n) is 3.46. The summed E-state index contributed by atoms with van der Waals surface area (Å²) in [7, 11) is 3.53. The number of likely N-dealkylation sites (N-methyl/N-ethyl adjacent to an activating group) is 2. The summed E-state index contributed by atoms with van der Waals surface area (Å²) in [6.45, 7) is 4.70. The van der Waals surface area contributed by atoms with Crippen LogP contribution in [-0.4, -0.2) is 49.9 Å². The molecule has 5 heteroatoms. The van der Waals surface area contributed by atoms with Gasteiger partial charge in [0.05, 0.1) is 12.6 Å². The number of nitrogens with zero attached hydrogens (tertiary/aromatic N) is 2. The molecular formula is C16H25N3O2. The Morgan fingerprint density at radius 3 is 2.38 bits per heavy atom. The number of carbonyl (C=O) groups is 2. The van der Waals surface area contributed by atoms with Crippen molar-refractivity contribution < 1.29 is 9.59 Å². The molecule has 5 nitrogen and oxygen atoms in total. The number of benzene rings is 1. The molecule has 0 aliphatic rings. The molecule has 0 radical (unpaired) electrons. The van der Waals surface area contributed by atoms with Gasteiger partial charge in [0.15, 0.2) is 0 Å². The Morgan fingerprint density at radius 2 is 1.81 bits per heavy atom. The fraction of sp³-hybridized carbons (Fsp3) is 0.500. The Kier molecular flexibility index (Phi) is 6.88. The number of rotatable bonds is 7. The third kappa shape index (κ3) is 5.19. The largest absolute Gasteiger partial charge is 0.355 e. The van der Waals surface area contributed by atoms with Crippen LogP contribution in [0, 0.1) is 0 Å². The van der Waals surface area contributed by atoms with Gasteiger partial charge in [-0.3, -0.25) is 14.5 Å². The molecule has 21 heavy (non-hydrogen) atoms. The van der Waals surface area contributed by atoms with Gasteiger partial charge in [0.2, 0.25) is 11.8 Å². The average molecular weight is 291 g/mol. The highest BCUT2D eigenvalue weighted by Gasteiger charge is 2.23. The Labute approximate surface area is 126 Å². The van der Waals surface area contributed by atoms with Gasteiger partial charge in [-0.2, -0.15) is 0 Å². The van der Waals surface area contributed by atoms with Crippen LogP contribution in [0.2, 0.25) is 0 Å². The normalized spacial score (nSPS) is 12.0. The van der Waals surface area contributed by atoms with Crippen LogP contribution >= 0.6 is 0 Å². The maximum absolute atomic E-state index is 12.4. The Morgan fingerprint density at radius 1 is 1.19 bits per heavy atom. The standard InChI is InChI=1S/C16H25N3O2/c1-5-11-17-15(20)12-18(3)13(2)16(21)19(4)14-9-7-6-8-10-14/h6-10,13H,5,11-12H2,1-4H3,(H,17,20)/t13-/m0/s1. The topological polar surface area (TPSA) is 52.7 Å². The van der Waals surface area contributed by atoms with E-state index in [4.69, 9.17) is 0 Å². The molecule has 0 saturated carbocycles. The van der Waals surface area contributed by atoms with E-state index in [1.807, 2.05) is 44.2 Å². The van der Waals surface area contributed by atoms with Gasteiger partial charge >= 0.3 is 0 Å². The molecule has 0 bridgehead atoms. The van der Waals surface area contributed by atoms with Gasteiger partial charge in [-0.15, -0.1) is 0 Å². The summed E-state index contributed by atoms with van der Waals surface area (Å²) in [5, 5.41) is 2.81. The zero-order valence-corrected chi connectivity index (χ0v) is 13.3. The predicted octanol–water partition coefficient (Wildman–Crippen LogP) is 1.50. The molecule has 1 rings (SSSR count). The second-order valence-electron chi connectivity index (χ2n) is 5.17. The highest BCUT2D eigenvalue weighted by molar-refractivity contribution is 5.96. The highest BCUT2D eigenvalue weighted by Crippen LogP contribution is 2.13. The number of amides is 2. The molecule has 0 spiro atoms. The number of hydrogen-bond donors (Lipinski definition) is 1. The molecule has 0 unspecified atom stereocenters. The van der Waals surface area contributed by atoms with Crippen molar-refractivity contribution in [2.45, 2.75) is 26.3 Å². The molecule has 0 fully saturated rings. The van der Waals surface area contributed by atoms with E-state index < -0.39 is 0 Å². The first-order valence-corrected chi connectivity index (χ1v) is 7.27. The second-order valence-corrected chi connectivity index (χ2v) is 5.17. The van der Waals surface area contributed by atoms with Gasteiger partial charge in [0.25, 0.3) is 0 Å². The number of nitrogens with one attached hydrogen (secondary N) is 1. The van der Waals surface area contributed by atoms with Crippen LogP contribution < -0.4 is 10.2 Å². The maximum atomic E-state index is 12.4. The smallest absolute Gasteiger partial charge is 0.243 e. The molecule has 0 saturated heterocycles. The zero-order valence-electron chi connectivity index (χ0n) is 13.3. The zero-order chi connectivity index (χ0) is 15.8. The lowest BCUT2D eigenvalue weighted by Crippen LogP contribution is -2.47. The van der Waals surface area contributed by atoms with E-state index in [9.17, 15) is 9.59 Å². The van der Waals surface area contributed by atoms with Crippen LogP contribution in [0.15, 0.2) is 30.3 Å². The van der Waals surface area contributed by atoms with E-state index in [1.54, 1.807) is 23.9 Å². The minimum atomic E-state index is -0.359. The molecule has 1 atom stereocenters. The van der Waals surface area contributed by atoms with Crippen molar-refractivity contribution in [3.63, 3.8) is 0 Å². The van der Waals surface area contributed by atoms with Crippen molar-refractivity contribution in [1.82, 2.24) is 10.2 Å². The van der Waals surface area contributed by atoms with Crippen LogP contribution in [0.4, 0.5) is 5.69 Å². The van der Waals surface area contributed by atoms with Gasteiger partial charge in [0, 0.05) is 19.3 Å². The Balaban J connectivity index is 2.59. The lowest BCUT2D eigenvalue weighted by atomic mass is 10.2. The van der Waals surface area contributed by atoms with E-state index in [2.05, 4.69) is 5.32 Å². The van der Waals surface area contributed by atoms with Crippen LogP contribution in [0.25, 0.3) is 0 Å². The van der Waals surface area contributed by atoms with E-state index in [1.165, 1.54) is 0 Å². The lowest BCUT2D eigenvalue weighted by Gasteiger charge is -2.27. The van der Waals surface area contributed by atoms with Crippen LogP contribution in [-0.2, 0) is 9.59 Å². The Bertz CT molecular complexity index is 462. The first-order valence-electron chi connectivity index (χ1n) is 7.27. The molecule has 0 aromatic heterocycles. The lowest BCUT2D eigenvalue weighted by molar-refractivity contribution is -0.125. The van der Waals surface area contributed by atoms with Crippen molar-refractivity contribution >= 4 is 17.5 Å². The Hall–Kier alpha value is -1.88. The van der Waals surface area contributed by atoms with Gasteiger partial charge in [-0.25, -0.2) is 0 Å².